The lowest BCUT2D eigenvalue weighted by molar-refractivity contribution is -0.151. The number of nitriles is 1. The number of hydrogen-bond donors (Lipinski definition) is 0. The van der Waals surface area contributed by atoms with Gasteiger partial charge in [-0.05, 0) is 30.5 Å². The summed E-state index contributed by atoms with van der Waals surface area (Å²) in [6.45, 7) is 0. The molecule has 0 amide bonds. The van der Waals surface area contributed by atoms with Crippen molar-refractivity contribution in [1.29, 1.82) is 5.26 Å². The maximum Gasteiger partial charge on any atom is 0.316 e. The summed E-state index contributed by atoms with van der Waals surface area (Å²) in [4.78, 5) is 23.6. The average molecular weight is 287 g/mol. The topological polar surface area (TPSA) is 76.4 Å². The summed E-state index contributed by atoms with van der Waals surface area (Å²) in [5.74, 6) is -0.872. The Bertz CT molecular complexity index is 579. The van der Waals surface area contributed by atoms with Crippen LogP contribution in [-0.4, -0.2) is 26.0 Å². The number of ketones is 1. The number of methoxy groups -OCH3 is 2. The van der Waals surface area contributed by atoms with Gasteiger partial charge in [-0.1, -0.05) is 12.1 Å². The fraction of sp³-hybridized carbons (Fsp3) is 0.438. The predicted molar refractivity (Wildman–Crippen MR) is 74.6 cm³/mol. The van der Waals surface area contributed by atoms with E-state index in [1.54, 1.807) is 19.2 Å². The van der Waals surface area contributed by atoms with Crippen molar-refractivity contribution < 1.29 is 19.1 Å². The van der Waals surface area contributed by atoms with Gasteiger partial charge in [0, 0.05) is 6.42 Å². The molecule has 0 spiro atoms. The van der Waals surface area contributed by atoms with Crippen molar-refractivity contribution in [3.63, 3.8) is 0 Å². The Hall–Kier alpha value is -2.35. The van der Waals surface area contributed by atoms with Crippen molar-refractivity contribution >= 4 is 11.8 Å². The van der Waals surface area contributed by atoms with Crippen LogP contribution in [0.4, 0.5) is 0 Å². The van der Waals surface area contributed by atoms with Crippen LogP contribution >= 0.6 is 0 Å². The van der Waals surface area contributed by atoms with E-state index < -0.39 is 17.3 Å². The average Bonchev–Trinajstić information content (AvgIpc) is 2.55. The maximum absolute atomic E-state index is 11.9. The molecular weight excluding hydrogens is 270 g/mol. The normalized spacial score (nSPS) is 25.0. The molecule has 21 heavy (non-hydrogen) atoms. The molecule has 1 fully saturated rings. The van der Waals surface area contributed by atoms with Gasteiger partial charge >= 0.3 is 5.97 Å². The molecule has 0 heterocycles. The second-order valence-corrected chi connectivity index (χ2v) is 5.17. The first-order chi connectivity index (χ1) is 10.1. The van der Waals surface area contributed by atoms with Crippen LogP contribution in [0.15, 0.2) is 24.3 Å². The summed E-state index contributed by atoms with van der Waals surface area (Å²) in [5, 5.41) is 9.64. The molecule has 2 rings (SSSR count). The Morgan fingerprint density at radius 2 is 2.00 bits per heavy atom. The maximum atomic E-state index is 11.9. The SMILES string of the molecule is COC(=O)[C@H]1C[C@@](C#N)(c2ccc(OC)cc2)CCC1=O. The van der Waals surface area contributed by atoms with Gasteiger partial charge in [-0.3, -0.25) is 9.59 Å². The molecule has 0 N–H and O–H groups in total. The zero-order valence-electron chi connectivity index (χ0n) is 12.1. The van der Waals surface area contributed by atoms with Crippen molar-refractivity contribution in [2.75, 3.05) is 14.2 Å². The second kappa shape index (κ2) is 5.96. The van der Waals surface area contributed by atoms with E-state index in [-0.39, 0.29) is 18.6 Å². The van der Waals surface area contributed by atoms with Gasteiger partial charge in [0.05, 0.1) is 25.7 Å². The smallest absolute Gasteiger partial charge is 0.316 e. The molecule has 2 atom stereocenters. The number of nitrogens with zero attached hydrogens (tertiary/aromatic N) is 1. The molecule has 0 saturated heterocycles. The highest BCUT2D eigenvalue weighted by Gasteiger charge is 2.45. The molecule has 1 aliphatic rings. The summed E-state index contributed by atoms with van der Waals surface area (Å²) in [7, 11) is 2.83. The van der Waals surface area contributed by atoms with Crippen LogP contribution in [0, 0.1) is 17.2 Å². The minimum absolute atomic E-state index is 0.152. The lowest BCUT2D eigenvalue weighted by atomic mass is 9.66. The summed E-state index contributed by atoms with van der Waals surface area (Å²) >= 11 is 0. The summed E-state index contributed by atoms with van der Waals surface area (Å²) in [6, 6.07) is 9.47. The lowest BCUT2D eigenvalue weighted by Crippen LogP contribution is -2.40. The third-order valence-electron chi connectivity index (χ3n) is 4.08. The van der Waals surface area contributed by atoms with Crippen LogP contribution in [0.3, 0.4) is 0 Å². The second-order valence-electron chi connectivity index (χ2n) is 5.17. The molecule has 5 nitrogen and oxygen atoms in total. The van der Waals surface area contributed by atoms with E-state index in [0.717, 1.165) is 5.56 Å². The summed E-state index contributed by atoms with van der Waals surface area (Å²) in [6.07, 6.45) is 0.794. The lowest BCUT2D eigenvalue weighted by Gasteiger charge is -2.34. The Morgan fingerprint density at radius 3 is 2.52 bits per heavy atom. The standard InChI is InChI=1S/C16H17NO4/c1-20-12-5-3-11(4-6-12)16(10-17)8-7-14(18)13(9-16)15(19)21-2/h3-6,13H,7-9H2,1-2H3/t13-,16-/m0/s1. The van der Waals surface area contributed by atoms with E-state index in [0.29, 0.717) is 12.2 Å². The van der Waals surface area contributed by atoms with Gasteiger partial charge < -0.3 is 9.47 Å². The number of carbonyl (C=O) groups is 2. The fourth-order valence-corrected chi connectivity index (χ4v) is 2.77. The molecule has 1 aromatic rings. The van der Waals surface area contributed by atoms with Crippen LogP contribution in [0.5, 0.6) is 5.75 Å². The minimum Gasteiger partial charge on any atom is -0.497 e. The first-order valence-electron chi connectivity index (χ1n) is 6.72. The molecule has 0 aliphatic heterocycles. The van der Waals surface area contributed by atoms with Gasteiger partial charge in [-0.15, -0.1) is 0 Å². The Kier molecular flexibility index (Phi) is 4.27. The van der Waals surface area contributed by atoms with Crippen molar-refractivity contribution in [2.45, 2.75) is 24.7 Å². The van der Waals surface area contributed by atoms with Crippen LogP contribution in [0.2, 0.25) is 0 Å². The molecule has 1 saturated carbocycles. The first-order valence-corrected chi connectivity index (χ1v) is 6.72. The zero-order chi connectivity index (χ0) is 15.5. The predicted octanol–water partition coefficient (Wildman–Crippen LogP) is 2.00. The van der Waals surface area contributed by atoms with Crippen molar-refractivity contribution in [1.82, 2.24) is 0 Å². The van der Waals surface area contributed by atoms with Crippen molar-refractivity contribution in [3.05, 3.63) is 29.8 Å². The number of benzene rings is 1. The monoisotopic (exact) mass is 287 g/mol. The third kappa shape index (κ3) is 2.75. The molecule has 0 aromatic heterocycles. The van der Waals surface area contributed by atoms with E-state index in [2.05, 4.69) is 10.8 Å². The summed E-state index contributed by atoms with van der Waals surface area (Å²) in [5.41, 5.74) is -0.0360. The minimum atomic E-state index is -0.856. The first kappa shape index (κ1) is 15.0. The van der Waals surface area contributed by atoms with E-state index in [4.69, 9.17) is 4.74 Å². The molecule has 0 radical (unpaired) electrons. The van der Waals surface area contributed by atoms with E-state index >= 15 is 0 Å². The van der Waals surface area contributed by atoms with Gasteiger partial charge in [0.25, 0.3) is 0 Å². The van der Waals surface area contributed by atoms with E-state index in [1.165, 1.54) is 7.11 Å². The summed E-state index contributed by atoms with van der Waals surface area (Å²) < 4.78 is 9.79. The van der Waals surface area contributed by atoms with Crippen LogP contribution in [0.25, 0.3) is 0 Å². The van der Waals surface area contributed by atoms with Gasteiger partial charge in [0.15, 0.2) is 0 Å². The van der Waals surface area contributed by atoms with Gasteiger partial charge in [-0.2, -0.15) is 5.26 Å². The van der Waals surface area contributed by atoms with Gasteiger partial charge in [0.2, 0.25) is 0 Å². The Morgan fingerprint density at radius 1 is 1.33 bits per heavy atom. The van der Waals surface area contributed by atoms with Crippen LogP contribution in [-0.2, 0) is 19.7 Å². The quantitative estimate of drug-likeness (QED) is 0.627. The van der Waals surface area contributed by atoms with Gasteiger partial charge in [-0.25, -0.2) is 0 Å². The van der Waals surface area contributed by atoms with Crippen LogP contribution in [0.1, 0.15) is 24.8 Å². The largest absolute Gasteiger partial charge is 0.497 e. The van der Waals surface area contributed by atoms with Crippen molar-refractivity contribution in [2.24, 2.45) is 5.92 Å². The number of carbonyl (C=O) groups excluding carboxylic acids is 2. The number of ether oxygens (including phenoxy) is 2. The molecule has 110 valence electrons. The fourth-order valence-electron chi connectivity index (χ4n) is 2.77. The highest BCUT2D eigenvalue weighted by Crippen LogP contribution is 2.41. The number of rotatable bonds is 3. The number of hydrogen-bond acceptors (Lipinski definition) is 5. The highest BCUT2D eigenvalue weighted by atomic mass is 16.5. The highest BCUT2D eigenvalue weighted by molar-refractivity contribution is 6.00. The molecule has 1 aliphatic carbocycles. The zero-order valence-corrected chi connectivity index (χ0v) is 12.1. The molecule has 5 heteroatoms. The molecule has 0 bridgehead atoms. The Balaban J connectivity index is 2.34. The van der Waals surface area contributed by atoms with Crippen LogP contribution < -0.4 is 4.74 Å². The molecule has 0 unspecified atom stereocenters. The number of esters is 1. The Labute approximate surface area is 123 Å². The number of Topliss-reactive ketones (excluding diaryl/α,β-unsaturated/α-hetero) is 1. The molecule has 1 aromatic carbocycles. The third-order valence-corrected chi connectivity index (χ3v) is 4.08. The van der Waals surface area contributed by atoms with E-state index in [1.807, 2.05) is 12.1 Å². The van der Waals surface area contributed by atoms with Crippen molar-refractivity contribution in [3.8, 4) is 11.8 Å². The van der Waals surface area contributed by atoms with E-state index in [9.17, 15) is 14.9 Å². The molecular formula is C16H17NO4. The van der Waals surface area contributed by atoms with Gasteiger partial charge in [0.1, 0.15) is 17.5 Å².